The van der Waals surface area contributed by atoms with Crippen LogP contribution in [0.15, 0.2) is 21.3 Å². The molecule has 0 fully saturated rings. The van der Waals surface area contributed by atoms with Crippen molar-refractivity contribution in [3.63, 3.8) is 0 Å². The molecule has 1 aromatic heterocycles. The van der Waals surface area contributed by atoms with Gasteiger partial charge >= 0.3 is 5.63 Å². The SMILES string of the molecule is COc1ccc2c(C)c(NC(C)=O)c(=O)oc2c1C. The van der Waals surface area contributed by atoms with E-state index in [1.54, 1.807) is 14.0 Å². The van der Waals surface area contributed by atoms with Gasteiger partial charge in [0.2, 0.25) is 5.91 Å². The number of hydrogen-bond donors (Lipinski definition) is 1. The van der Waals surface area contributed by atoms with E-state index < -0.39 is 5.63 Å². The Bertz CT molecular complexity index is 715. The summed E-state index contributed by atoms with van der Waals surface area (Å²) in [5.41, 5.74) is 1.55. The smallest absolute Gasteiger partial charge is 0.360 e. The molecule has 1 aromatic carbocycles. The lowest BCUT2D eigenvalue weighted by Gasteiger charge is -2.11. The number of fused-ring (bicyclic) bond motifs is 1. The number of hydrogen-bond acceptors (Lipinski definition) is 4. The predicted molar refractivity (Wildman–Crippen MR) is 72.8 cm³/mol. The molecule has 0 saturated carbocycles. The van der Waals surface area contributed by atoms with Crippen molar-refractivity contribution < 1.29 is 13.9 Å². The van der Waals surface area contributed by atoms with E-state index in [-0.39, 0.29) is 11.6 Å². The molecular weight excluding hydrogens is 246 g/mol. The van der Waals surface area contributed by atoms with Crippen molar-refractivity contribution in [3.8, 4) is 5.75 Å². The molecule has 5 heteroatoms. The van der Waals surface area contributed by atoms with E-state index in [1.807, 2.05) is 19.1 Å². The van der Waals surface area contributed by atoms with E-state index in [4.69, 9.17) is 9.15 Å². The monoisotopic (exact) mass is 261 g/mol. The first-order valence-electron chi connectivity index (χ1n) is 5.84. The Labute approximate surface area is 110 Å². The van der Waals surface area contributed by atoms with Crippen LogP contribution in [0.1, 0.15) is 18.1 Å². The number of benzene rings is 1. The van der Waals surface area contributed by atoms with Crippen molar-refractivity contribution in [2.75, 3.05) is 12.4 Å². The molecule has 0 radical (unpaired) electrons. The lowest BCUT2D eigenvalue weighted by molar-refractivity contribution is -0.114. The zero-order chi connectivity index (χ0) is 14.2. The third-order valence-corrected chi connectivity index (χ3v) is 3.06. The van der Waals surface area contributed by atoms with E-state index in [0.717, 1.165) is 10.9 Å². The van der Waals surface area contributed by atoms with Crippen LogP contribution in [0, 0.1) is 13.8 Å². The molecule has 0 bridgehead atoms. The van der Waals surface area contributed by atoms with Gasteiger partial charge in [0, 0.05) is 17.9 Å². The molecule has 19 heavy (non-hydrogen) atoms. The molecule has 100 valence electrons. The first-order chi connectivity index (χ1) is 8.95. The quantitative estimate of drug-likeness (QED) is 0.843. The second kappa shape index (κ2) is 4.76. The molecule has 0 spiro atoms. The summed E-state index contributed by atoms with van der Waals surface area (Å²) in [5, 5.41) is 3.28. The van der Waals surface area contributed by atoms with E-state index in [1.165, 1.54) is 6.92 Å². The van der Waals surface area contributed by atoms with Gasteiger partial charge in [0.05, 0.1) is 7.11 Å². The fraction of sp³-hybridized carbons (Fsp3) is 0.286. The van der Waals surface area contributed by atoms with Crippen molar-refractivity contribution >= 4 is 22.6 Å². The fourth-order valence-electron chi connectivity index (χ4n) is 2.07. The van der Waals surface area contributed by atoms with E-state index >= 15 is 0 Å². The summed E-state index contributed by atoms with van der Waals surface area (Å²) in [4.78, 5) is 23.0. The normalized spacial score (nSPS) is 10.5. The summed E-state index contributed by atoms with van der Waals surface area (Å²) in [6.45, 7) is 4.94. The molecule has 0 aliphatic heterocycles. The minimum Gasteiger partial charge on any atom is -0.496 e. The second-order valence-electron chi connectivity index (χ2n) is 4.34. The Balaban J connectivity index is 2.80. The number of carbonyl (C=O) groups excluding carboxylic acids is 1. The maximum atomic E-state index is 11.9. The summed E-state index contributed by atoms with van der Waals surface area (Å²) in [5.74, 6) is 0.349. The minimum atomic E-state index is -0.559. The maximum absolute atomic E-state index is 11.9. The highest BCUT2D eigenvalue weighted by Crippen LogP contribution is 2.30. The summed E-state index contributed by atoms with van der Waals surface area (Å²) < 4.78 is 10.5. The second-order valence-corrected chi connectivity index (χ2v) is 4.34. The zero-order valence-corrected chi connectivity index (χ0v) is 11.3. The van der Waals surface area contributed by atoms with Gasteiger partial charge in [0.25, 0.3) is 0 Å². The number of rotatable bonds is 2. The van der Waals surface area contributed by atoms with Crippen molar-refractivity contribution in [2.45, 2.75) is 20.8 Å². The van der Waals surface area contributed by atoms with Gasteiger partial charge in [0.1, 0.15) is 17.0 Å². The van der Waals surface area contributed by atoms with Gasteiger partial charge < -0.3 is 14.5 Å². The Morgan fingerprint density at radius 1 is 1.26 bits per heavy atom. The number of methoxy groups -OCH3 is 1. The van der Waals surface area contributed by atoms with Crippen LogP contribution in [0.25, 0.3) is 11.0 Å². The summed E-state index contributed by atoms with van der Waals surface area (Å²) in [7, 11) is 1.56. The number of nitrogens with one attached hydrogen (secondary N) is 1. The maximum Gasteiger partial charge on any atom is 0.360 e. The van der Waals surface area contributed by atoms with Gasteiger partial charge in [-0.2, -0.15) is 0 Å². The Hall–Kier alpha value is -2.30. The largest absolute Gasteiger partial charge is 0.496 e. The summed E-state index contributed by atoms with van der Waals surface area (Å²) in [6.07, 6.45) is 0. The van der Waals surface area contributed by atoms with E-state index in [2.05, 4.69) is 5.32 Å². The third kappa shape index (κ3) is 2.19. The molecule has 1 N–H and O–H groups in total. The first kappa shape index (κ1) is 13.1. The standard InChI is InChI=1S/C14H15NO4/c1-7-10-5-6-11(18-4)8(2)13(10)19-14(17)12(7)15-9(3)16/h5-6H,1-4H3,(H,15,16). The van der Waals surface area contributed by atoms with Gasteiger partial charge in [-0.05, 0) is 31.5 Å². The average Bonchev–Trinajstić information content (AvgIpc) is 2.35. The third-order valence-electron chi connectivity index (χ3n) is 3.06. The van der Waals surface area contributed by atoms with Crippen molar-refractivity contribution in [1.29, 1.82) is 0 Å². The minimum absolute atomic E-state index is 0.185. The van der Waals surface area contributed by atoms with Crippen LogP contribution in [0.2, 0.25) is 0 Å². The van der Waals surface area contributed by atoms with Crippen LogP contribution in [0.4, 0.5) is 5.69 Å². The molecule has 0 aliphatic carbocycles. The molecule has 5 nitrogen and oxygen atoms in total. The summed E-state index contributed by atoms with van der Waals surface area (Å²) >= 11 is 0. The number of aryl methyl sites for hydroxylation is 2. The van der Waals surface area contributed by atoms with Crippen LogP contribution >= 0.6 is 0 Å². The molecule has 0 unspecified atom stereocenters. The molecule has 0 atom stereocenters. The van der Waals surface area contributed by atoms with Gasteiger partial charge in [-0.25, -0.2) is 4.79 Å². The Morgan fingerprint density at radius 3 is 2.53 bits per heavy atom. The Kier molecular flexibility index (Phi) is 3.29. The van der Waals surface area contributed by atoms with Crippen LogP contribution in [0.5, 0.6) is 5.75 Å². The number of carbonyl (C=O) groups is 1. The highest BCUT2D eigenvalue weighted by molar-refractivity contribution is 5.94. The number of amides is 1. The number of ether oxygens (including phenoxy) is 1. The van der Waals surface area contributed by atoms with Crippen LogP contribution in [0.3, 0.4) is 0 Å². The van der Waals surface area contributed by atoms with Crippen LogP contribution < -0.4 is 15.7 Å². The van der Waals surface area contributed by atoms with E-state index in [0.29, 0.717) is 16.9 Å². The van der Waals surface area contributed by atoms with Crippen molar-refractivity contribution in [3.05, 3.63) is 33.7 Å². The molecule has 1 amide bonds. The fourth-order valence-corrected chi connectivity index (χ4v) is 2.07. The van der Waals surface area contributed by atoms with Crippen LogP contribution in [-0.4, -0.2) is 13.0 Å². The molecule has 1 heterocycles. The Morgan fingerprint density at radius 2 is 1.95 bits per heavy atom. The van der Waals surface area contributed by atoms with Gasteiger partial charge in [-0.1, -0.05) is 0 Å². The molecule has 0 saturated heterocycles. The van der Waals surface area contributed by atoms with Gasteiger partial charge in [-0.15, -0.1) is 0 Å². The van der Waals surface area contributed by atoms with Crippen LogP contribution in [-0.2, 0) is 4.79 Å². The highest BCUT2D eigenvalue weighted by Gasteiger charge is 2.15. The molecule has 0 aliphatic rings. The zero-order valence-electron chi connectivity index (χ0n) is 11.3. The highest BCUT2D eigenvalue weighted by atomic mass is 16.5. The topological polar surface area (TPSA) is 68.5 Å². The number of anilines is 1. The van der Waals surface area contributed by atoms with Gasteiger partial charge in [-0.3, -0.25) is 4.79 Å². The van der Waals surface area contributed by atoms with Gasteiger partial charge in [0.15, 0.2) is 0 Å². The summed E-state index contributed by atoms with van der Waals surface area (Å²) in [6, 6.07) is 3.62. The molecule has 2 rings (SSSR count). The average molecular weight is 261 g/mol. The lowest BCUT2D eigenvalue weighted by Crippen LogP contribution is -2.16. The predicted octanol–water partition coefficient (Wildman–Crippen LogP) is 2.38. The van der Waals surface area contributed by atoms with E-state index in [9.17, 15) is 9.59 Å². The molecule has 2 aromatic rings. The van der Waals surface area contributed by atoms with Crippen molar-refractivity contribution in [2.24, 2.45) is 0 Å². The van der Waals surface area contributed by atoms with Crippen molar-refractivity contribution in [1.82, 2.24) is 0 Å². The first-order valence-corrected chi connectivity index (χ1v) is 5.84. The lowest BCUT2D eigenvalue weighted by atomic mass is 10.1. The molecular formula is C14H15NO4.